The van der Waals surface area contributed by atoms with E-state index in [0.29, 0.717) is 19.5 Å². The second-order valence-corrected chi connectivity index (χ2v) is 6.37. The maximum atomic E-state index is 12.5. The van der Waals surface area contributed by atoms with Crippen LogP contribution in [0.5, 0.6) is 5.75 Å². The summed E-state index contributed by atoms with van der Waals surface area (Å²) in [5.41, 5.74) is 0.215. The lowest BCUT2D eigenvalue weighted by Crippen LogP contribution is -2.53. The molecule has 0 aromatic heterocycles. The van der Waals surface area contributed by atoms with Gasteiger partial charge in [-0.05, 0) is 19.1 Å². The topological polar surface area (TPSA) is 71.1 Å². The van der Waals surface area contributed by atoms with Crippen molar-refractivity contribution in [1.29, 1.82) is 0 Å². The first-order chi connectivity index (χ1) is 12.9. The van der Waals surface area contributed by atoms with Crippen LogP contribution in [0.2, 0.25) is 0 Å². The van der Waals surface area contributed by atoms with Gasteiger partial charge < -0.3 is 14.8 Å². The lowest BCUT2D eigenvalue weighted by Gasteiger charge is -2.39. The monoisotopic (exact) mass is 385 g/mol. The number of piperazine rings is 1. The average molecular weight is 385 g/mol. The highest BCUT2D eigenvalue weighted by molar-refractivity contribution is 5.93. The van der Waals surface area contributed by atoms with Crippen LogP contribution in [0.3, 0.4) is 0 Å². The van der Waals surface area contributed by atoms with Crippen LogP contribution in [0.25, 0.3) is 0 Å². The lowest BCUT2D eigenvalue weighted by atomic mass is 10.2. The van der Waals surface area contributed by atoms with E-state index in [1.165, 1.54) is 19.2 Å². The summed E-state index contributed by atoms with van der Waals surface area (Å²) < 4.78 is 34.0. The number of ether oxygens (including phenoxy) is 2. The minimum Gasteiger partial charge on any atom is -0.469 e. The molecule has 150 valence electrons. The SMILES string of the molecule is COC(=O)CCN1CCN(CC(=O)Nc2ccccc2OC(F)F)[C@H](C)C1. The van der Waals surface area contributed by atoms with Crippen LogP contribution in [-0.4, -0.2) is 74.2 Å². The van der Waals surface area contributed by atoms with Gasteiger partial charge in [0, 0.05) is 32.2 Å². The molecular formula is C18H25F2N3O4. The number of carbonyl (C=O) groups excluding carboxylic acids is 2. The molecule has 1 aliphatic heterocycles. The van der Waals surface area contributed by atoms with Crippen LogP contribution >= 0.6 is 0 Å². The Balaban J connectivity index is 1.84. The number of hydrogen-bond donors (Lipinski definition) is 1. The largest absolute Gasteiger partial charge is 0.469 e. The van der Waals surface area contributed by atoms with Gasteiger partial charge in [-0.25, -0.2) is 0 Å². The van der Waals surface area contributed by atoms with Crippen molar-refractivity contribution in [3.63, 3.8) is 0 Å². The van der Waals surface area contributed by atoms with Gasteiger partial charge in [-0.1, -0.05) is 12.1 Å². The summed E-state index contributed by atoms with van der Waals surface area (Å²) in [6, 6.07) is 6.21. The average Bonchev–Trinajstić information content (AvgIpc) is 2.63. The first-order valence-corrected chi connectivity index (χ1v) is 8.76. The van der Waals surface area contributed by atoms with Crippen LogP contribution in [-0.2, 0) is 14.3 Å². The third-order valence-electron chi connectivity index (χ3n) is 4.43. The van der Waals surface area contributed by atoms with E-state index in [-0.39, 0.29) is 35.9 Å². The van der Waals surface area contributed by atoms with Crippen LogP contribution < -0.4 is 10.1 Å². The van der Waals surface area contributed by atoms with E-state index >= 15 is 0 Å². The van der Waals surface area contributed by atoms with Gasteiger partial charge in [-0.15, -0.1) is 0 Å². The molecule has 7 nitrogen and oxygen atoms in total. The Morgan fingerprint density at radius 1 is 1.30 bits per heavy atom. The molecule has 0 aliphatic carbocycles. The fraction of sp³-hybridized carbons (Fsp3) is 0.556. The zero-order chi connectivity index (χ0) is 19.8. The predicted molar refractivity (Wildman–Crippen MR) is 95.8 cm³/mol. The number of rotatable bonds is 8. The number of esters is 1. The third-order valence-corrected chi connectivity index (χ3v) is 4.43. The Morgan fingerprint density at radius 3 is 2.70 bits per heavy atom. The van der Waals surface area contributed by atoms with Crippen LogP contribution in [0.1, 0.15) is 13.3 Å². The normalized spacial score (nSPS) is 18.3. The fourth-order valence-electron chi connectivity index (χ4n) is 3.00. The fourth-order valence-corrected chi connectivity index (χ4v) is 3.00. The van der Waals surface area contributed by atoms with Gasteiger partial charge in [0.1, 0.15) is 5.75 Å². The second kappa shape index (κ2) is 10.2. The number of nitrogens with one attached hydrogen (secondary N) is 1. The van der Waals surface area contributed by atoms with Gasteiger partial charge in [-0.2, -0.15) is 8.78 Å². The van der Waals surface area contributed by atoms with Crippen molar-refractivity contribution in [2.24, 2.45) is 0 Å². The number of para-hydroxylation sites is 2. The van der Waals surface area contributed by atoms with E-state index in [0.717, 1.165) is 13.1 Å². The van der Waals surface area contributed by atoms with Gasteiger partial charge in [0.05, 0.1) is 25.8 Å². The van der Waals surface area contributed by atoms with Gasteiger partial charge in [0.15, 0.2) is 0 Å². The van der Waals surface area contributed by atoms with Gasteiger partial charge in [0.2, 0.25) is 5.91 Å². The number of nitrogens with zero attached hydrogens (tertiary/aromatic N) is 2. The highest BCUT2D eigenvalue weighted by Crippen LogP contribution is 2.25. The van der Waals surface area contributed by atoms with Crippen molar-refractivity contribution >= 4 is 17.6 Å². The van der Waals surface area contributed by atoms with Crippen molar-refractivity contribution in [3.05, 3.63) is 24.3 Å². The first kappa shape index (κ1) is 21.0. The quantitative estimate of drug-likeness (QED) is 0.688. The van der Waals surface area contributed by atoms with E-state index in [2.05, 4.69) is 19.7 Å². The van der Waals surface area contributed by atoms with Crippen LogP contribution in [0.15, 0.2) is 24.3 Å². The molecule has 2 rings (SSSR count). The molecule has 1 aliphatic rings. The molecule has 0 saturated carbocycles. The summed E-state index contributed by atoms with van der Waals surface area (Å²) in [6.45, 7) is 1.96. The Hall–Kier alpha value is -2.26. The van der Waals surface area contributed by atoms with Crippen molar-refractivity contribution in [3.8, 4) is 5.75 Å². The summed E-state index contributed by atoms with van der Waals surface area (Å²) in [5, 5.41) is 2.63. The molecule has 1 heterocycles. The summed E-state index contributed by atoms with van der Waals surface area (Å²) in [5.74, 6) is -0.606. The maximum absolute atomic E-state index is 12.5. The van der Waals surface area contributed by atoms with E-state index in [1.807, 2.05) is 11.8 Å². The number of benzene rings is 1. The van der Waals surface area contributed by atoms with Crippen molar-refractivity contribution in [2.75, 3.05) is 45.2 Å². The molecule has 9 heteroatoms. The molecule has 0 bridgehead atoms. The molecule has 0 radical (unpaired) electrons. The second-order valence-electron chi connectivity index (χ2n) is 6.37. The lowest BCUT2D eigenvalue weighted by molar-refractivity contribution is -0.141. The van der Waals surface area contributed by atoms with E-state index in [1.54, 1.807) is 12.1 Å². The highest BCUT2D eigenvalue weighted by Gasteiger charge is 2.25. The Morgan fingerprint density at radius 2 is 2.04 bits per heavy atom. The molecule has 1 atom stereocenters. The minimum absolute atomic E-state index is 0.0680. The van der Waals surface area contributed by atoms with Crippen molar-refractivity contribution < 1.29 is 27.8 Å². The molecule has 1 N–H and O–H groups in total. The Labute approximate surface area is 157 Å². The smallest absolute Gasteiger partial charge is 0.387 e. The summed E-state index contributed by atoms with van der Waals surface area (Å²) in [6.07, 6.45) is 0.338. The van der Waals surface area contributed by atoms with E-state index in [4.69, 9.17) is 0 Å². The van der Waals surface area contributed by atoms with Gasteiger partial charge in [0.25, 0.3) is 0 Å². The number of amides is 1. The number of methoxy groups -OCH3 is 1. The summed E-state index contributed by atoms with van der Waals surface area (Å²) in [7, 11) is 1.37. The highest BCUT2D eigenvalue weighted by atomic mass is 19.3. The summed E-state index contributed by atoms with van der Waals surface area (Å²) >= 11 is 0. The number of carbonyl (C=O) groups is 2. The zero-order valence-corrected chi connectivity index (χ0v) is 15.5. The number of alkyl halides is 2. The Bertz CT molecular complexity index is 645. The van der Waals surface area contributed by atoms with Crippen molar-refractivity contribution in [2.45, 2.75) is 26.0 Å². The number of hydrogen-bond acceptors (Lipinski definition) is 6. The van der Waals surface area contributed by atoms with Gasteiger partial charge >= 0.3 is 12.6 Å². The van der Waals surface area contributed by atoms with E-state index < -0.39 is 6.61 Å². The first-order valence-electron chi connectivity index (χ1n) is 8.76. The predicted octanol–water partition coefficient (Wildman–Crippen LogP) is 1.80. The molecule has 0 unspecified atom stereocenters. The molecule has 1 aromatic carbocycles. The molecular weight excluding hydrogens is 360 g/mol. The standard InChI is InChI=1S/C18H25F2N3O4/c1-13-11-22(8-7-17(25)26-2)9-10-23(13)12-16(24)21-14-5-3-4-6-15(14)27-18(19)20/h3-6,13,18H,7-12H2,1-2H3,(H,21,24)/t13-/m1/s1. The van der Waals surface area contributed by atoms with E-state index in [9.17, 15) is 18.4 Å². The third kappa shape index (κ3) is 6.76. The van der Waals surface area contributed by atoms with Crippen molar-refractivity contribution in [1.82, 2.24) is 9.80 Å². The zero-order valence-electron chi connectivity index (χ0n) is 15.5. The molecule has 1 amide bonds. The molecule has 1 fully saturated rings. The number of anilines is 1. The van der Waals surface area contributed by atoms with Gasteiger partial charge in [-0.3, -0.25) is 19.4 Å². The summed E-state index contributed by atoms with van der Waals surface area (Å²) in [4.78, 5) is 27.7. The maximum Gasteiger partial charge on any atom is 0.387 e. The van der Waals surface area contributed by atoms with Crippen LogP contribution in [0, 0.1) is 0 Å². The minimum atomic E-state index is -2.96. The molecule has 1 aromatic rings. The van der Waals surface area contributed by atoms with Crippen LogP contribution in [0.4, 0.5) is 14.5 Å². The molecule has 0 spiro atoms. The molecule has 1 saturated heterocycles. The Kier molecular flexibility index (Phi) is 7.93. The molecule has 27 heavy (non-hydrogen) atoms. The number of halogens is 2.